The highest BCUT2D eigenvalue weighted by molar-refractivity contribution is 5.71. The highest BCUT2D eigenvalue weighted by Gasteiger charge is 2.19. The number of allylic oxidation sites excluding steroid dienone is 18. The van der Waals surface area contributed by atoms with Crippen LogP contribution in [0.3, 0.4) is 0 Å². The molecule has 1 unspecified atom stereocenters. The molecule has 0 amide bonds. The van der Waals surface area contributed by atoms with Crippen LogP contribution in [0.5, 0.6) is 0 Å². The van der Waals surface area contributed by atoms with E-state index in [0.717, 1.165) is 83.5 Å². The fourth-order valence-corrected chi connectivity index (χ4v) is 7.53. The van der Waals surface area contributed by atoms with Crippen LogP contribution in [-0.4, -0.2) is 37.2 Å². The lowest BCUT2D eigenvalue weighted by Gasteiger charge is -2.18. The lowest BCUT2D eigenvalue weighted by molar-refractivity contribution is -0.166. The number of unbranched alkanes of at least 4 members (excludes halogenated alkanes) is 23. The Balaban J connectivity index is 4.52. The summed E-state index contributed by atoms with van der Waals surface area (Å²) in [6.07, 6.45) is 76.6. The second kappa shape index (κ2) is 56.7. The Hall–Kier alpha value is -3.93. The minimum atomic E-state index is -0.832. The van der Waals surface area contributed by atoms with Crippen LogP contribution < -0.4 is 0 Å². The first kappa shape index (κ1) is 65.1. The second-order valence-electron chi connectivity index (χ2n) is 18.5. The average molecular weight is 958 g/mol. The molecule has 69 heavy (non-hydrogen) atoms. The molecular formula is C63H104O6. The van der Waals surface area contributed by atoms with E-state index in [4.69, 9.17) is 14.2 Å². The molecule has 0 aliphatic heterocycles. The smallest absolute Gasteiger partial charge is 0.306 e. The normalized spacial score (nSPS) is 12.9. The number of carbonyl (C=O) groups excluding carboxylic acids is 3. The molecule has 6 heteroatoms. The Morgan fingerprint density at radius 1 is 0.319 bits per heavy atom. The molecule has 392 valence electrons. The van der Waals surface area contributed by atoms with Gasteiger partial charge in [0.05, 0.1) is 0 Å². The molecule has 0 saturated heterocycles. The zero-order valence-corrected chi connectivity index (χ0v) is 44.8. The van der Waals surface area contributed by atoms with Gasteiger partial charge in [0, 0.05) is 19.3 Å². The number of hydrogen-bond donors (Lipinski definition) is 0. The van der Waals surface area contributed by atoms with E-state index >= 15 is 0 Å². The molecule has 0 aromatic heterocycles. The number of carbonyl (C=O) groups is 3. The minimum absolute atomic E-state index is 0.119. The lowest BCUT2D eigenvalue weighted by Crippen LogP contribution is -2.30. The largest absolute Gasteiger partial charge is 0.462 e. The van der Waals surface area contributed by atoms with Gasteiger partial charge in [0.2, 0.25) is 0 Å². The molecule has 0 fully saturated rings. The highest BCUT2D eigenvalue weighted by Crippen LogP contribution is 2.14. The third-order valence-corrected chi connectivity index (χ3v) is 11.8. The molecule has 0 saturated carbocycles. The van der Waals surface area contributed by atoms with Gasteiger partial charge in [0.25, 0.3) is 0 Å². The molecule has 6 nitrogen and oxygen atoms in total. The van der Waals surface area contributed by atoms with Gasteiger partial charge in [0.1, 0.15) is 13.2 Å². The van der Waals surface area contributed by atoms with Crippen molar-refractivity contribution in [2.45, 2.75) is 258 Å². The van der Waals surface area contributed by atoms with E-state index in [2.05, 4.69) is 118 Å². The van der Waals surface area contributed by atoms with Gasteiger partial charge >= 0.3 is 17.9 Å². The molecular weight excluding hydrogens is 853 g/mol. The standard InChI is InChI=1S/C63H104O6/c1-4-7-10-13-16-19-22-25-28-31-32-33-36-38-41-44-47-50-53-56-62(65)68-59-60(69-63(66)57-54-51-48-45-42-39-35-30-27-24-21-18-15-12-9-6-3)58-67-61(64)55-52-49-46-43-40-37-34-29-26-23-20-17-14-11-8-5-2/h9,12,16,18-19,21-22,25,27,29-30,34,37,39-40,42,48,51,60H,4-8,10-11,13-15,17,20,23-24,26,28,31-33,35-36,38,41,43-47,49-50,52-59H2,1-3H3/b12-9-,19-16-,21-18-,25-22-,30-27-,34-29-,40-37-,42-39-,51-48-. The minimum Gasteiger partial charge on any atom is -0.462 e. The zero-order chi connectivity index (χ0) is 50.0. The predicted molar refractivity (Wildman–Crippen MR) is 297 cm³/mol. The van der Waals surface area contributed by atoms with Crippen LogP contribution in [0.4, 0.5) is 0 Å². The fraction of sp³-hybridized carbons (Fsp3) is 0.667. The molecule has 0 spiro atoms. The van der Waals surface area contributed by atoms with Gasteiger partial charge in [-0.1, -0.05) is 239 Å². The van der Waals surface area contributed by atoms with E-state index in [-0.39, 0.29) is 31.6 Å². The highest BCUT2D eigenvalue weighted by atomic mass is 16.6. The van der Waals surface area contributed by atoms with Crippen molar-refractivity contribution in [1.82, 2.24) is 0 Å². The molecule has 0 N–H and O–H groups in total. The molecule has 0 rings (SSSR count). The summed E-state index contributed by atoms with van der Waals surface area (Å²) in [5.74, 6) is -1.03. The van der Waals surface area contributed by atoms with Gasteiger partial charge in [-0.05, 0) is 103 Å². The van der Waals surface area contributed by atoms with Crippen LogP contribution >= 0.6 is 0 Å². The summed E-state index contributed by atoms with van der Waals surface area (Å²) in [7, 11) is 0. The van der Waals surface area contributed by atoms with Gasteiger partial charge in [-0.2, -0.15) is 0 Å². The lowest BCUT2D eigenvalue weighted by atomic mass is 10.1. The summed E-state index contributed by atoms with van der Waals surface area (Å²) < 4.78 is 16.8. The van der Waals surface area contributed by atoms with Crippen molar-refractivity contribution in [3.8, 4) is 0 Å². The first-order valence-electron chi connectivity index (χ1n) is 28.4. The quantitative estimate of drug-likeness (QED) is 0.0199. The summed E-state index contributed by atoms with van der Waals surface area (Å²) >= 11 is 0. The van der Waals surface area contributed by atoms with Crippen molar-refractivity contribution in [1.29, 1.82) is 0 Å². The van der Waals surface area contributed by atoms with Crippen molar-refractivity contribution >= 4 is 17.9 Å². The first-order chi connectivity index (χ1) is 34.0. The van der Waals surface area contributed by atoms with E-state index in [9.17, 15) is 14.4 Å². The molecule has 0 aliphatic rings. The SMILES string of the molecule is CC/C=C\C/C=C\C/C=C\C/C=C\C/C=C\CCC(=O)OC(COC(=O)CCCCC/C=C\C=C/CCCCCCCCC)COC(=O)CCCCCCCCCCCC/C=C\C=C/CCCCC. The van der Waals surface area contributed by atoms with Gasteiger partial charge in [0.15, 0.2) is 6.10 Å². The maximum atomic E-state index is 12.8. The third-order valence-electron chi connectivity index (χ3n) is 11.8. The van der Waals surface area contributed by atoms with Crippen molar-refractivity contribution in [3.05, 3.63) is 109 Å². The van der Waals surface area contributed by atoms with E-state index in [1.165, 1.54) is 122 Å². The predicted octanol–water partition coefficient (Wildman–Crippen LogP) is 19.1. The maximum absolute atomic E-state index is 12.8. The molecule has 0 aromatic carbocycles. The first-order valence-corrected chi connectivity index (χ1v) is 28.4. The van der Waals surface area contributed by atoms with Gasteiger partial charge in [-0.15, -0.1) is 0 Å². The van der Waals surface area contributed by atoms with Gasteiger partial charge in [-0.25, -0.2) is 0 Å². The molecule has 0 radical (unpaired) electrons. The number of rotatable bonds is 50. The number of ether oxygens (including phenoxy) is 3. The monoisotopic (exact) mass is 957 g/mol. The fourth-order valence-electron chi connectivity index (χ4n) is 7.53. The van der Waals surface area contributed by atoms with Crippen LogP contribution in [0.25, 0.3) is 0 Å². The van der Waals surface area contributed by atoms with Crippen LogP contribution in [0.15, 0.2) is 109 Å². The Kier molecular flexibility index (Phi) is 53.4. The Bertz CT molecular complexity index is 1420. The van der Waals surface area contributed by atoms with Crippen LogP contribution in [0.1, 0.15) is 252 Å². The van der Waals surface area contributed by atoms with E-state index in [1.54, 1.807) is 0 Å². The number of hydrogen-bond acceptors (Lipinski definition) is 6. The summed E-state index contributed by atoms with van der Waals surface area (Å²) in [5.41, 5.74) is 0. The summed E-state index contributed by atoms with van der Waals surface area (Å²) in [4.78, 5) is 38.1. The molecule has 1 atom stereocenters. The van der Waals surface area contributed by atoms with E-state index in [0.29, 0.717) is 19.3 Å². The zero-order valence-electron chi connectivity index (χ0n) is 44.8. The van der Waals surface area contributed by atoms with Crippen LogP contribution in [0, 0.1) is 0 Å². The average Bonchev–Trinajstić information content (AvgIpc) is 3.35. The topological polar surface area (TPSA) is 78.9 Å². The number of esters is 3. The van der Waals surface area contributed by atoms with Crippen molar-refractivity contribution in [2.75, 3.05) is 13.2 Å². The van der Waals surface area contributed by atoms with Crippen LogP contribution in [0.2, 0.25) is 0 Å². The third kappa shape index (κ3) is 54.9. The van der Waals surface area contributed by atoms with E-state index in [1.807, 2.05) is 12.2 Å². The molecule has 0 bridgehead atoms. The second-order valence-corrected chi connectivity index (χ2v) is 18.5. The Morgan fingerprint density at radius 3 is 1.04 bits per heavy atom. The van der Waals surface area contributed by atoms with Gasteiger partial charge < -0.3 is 14.2 Å². The summed E-state index contributed by atoms with van der Waals surface area (Å²) in [6.45, 7) is 6.41. The summed E-state index contributed by atoms with van der Waals surface area (Å²) in [5, 5.41) is 0. The van der Waals surface area contributed by atoms with Crippen molar-refractivity contribution in [2.24, 2.45) is 0 Å². The van der Waals surface area contributed by atoms with Crippen molar-refractivity contribution < 1.29 is 28.6 Å². The molecule has 0 aliphatic carbocycles. The van der Waals surface area contributed by atoms with E-state index < -0.39 is 12.1 Å². The molecule has 0 heterocycles. The maximum Gasteiger partial charge on any atom is 0.306 e. The van der Waals surface area contributed by atoms with Crippen LogP contribution in [-0.2, 0) is 28.6 Å². The van der Waals surface area contributed by atoms with Gasteiger partial charge in [-0.3, -0.25) is 14.4 Å². The Morgan fingerprint density at radius 2 is 0.638 bits per heavy atom. The Labute approximate surface area is 425 Å². The molecule has 0 aromatic rings. The van der Waals surface area contributed by atoms with Crippen molar-refractivity contribution in [3.63, 3.8) is 0 Å². The summed E-state index contributed by atoms with van der Waals surface area (Å²) in [6, 6.07) is 0.